The van der Waals surface area contributed by atoms with E-state index in [4.69, 9.17) is 9.47 Å². The van der Waals surface area contributed by atoms with Crippen molar-refractivity contribution in [2.24, 2.45) is 0 Å². The Kier molecular flexibility index (Phi) is 6.07. The van der Waals surface area contributed by atoms with Crippen molar-refractivity contribution in [1.29, 1.82) is 0 Å². The fourth-order valence-electron chi connectivity index (χ4n) is 3.86. The Balaban J connectivity index is 1.62. The number of pyridine rings is 1. The third-order valence-corrected chi connectivity index (χ3v) is 5.40. The maximum Gasteiger partial charge on any atom is 0.410 e. The van der Waals surface area contributed by atoms with Gasteiger partial charge in [0.2, 0.25) is 5.88 Å². The predicted octanol–water partition coefficient (Wildman–Crippen LogP) is 4.21. The number of piperidine rings is 1. The summed E-state index contributed by atoms with van der Waals surface area (Å²) in [6.07, 6.45) is 1.93. The lowest BCUT2D eigenvalue weighted by molar-refractivity contribution is 0.0661. The highest BCUT2D eigenvalue weighted by atomic mass is 19.1. The molecule has 1 fully saturated rings. The number of benzene rings is 1. The number of carbonyl (C=O) groups excluding carboxylic acids is 1. The molecule has 0 spiro atoms. The van der Waals surface area contributed by atoms with Crippen LogP contribution in [0.25, 0.3) is 11.0 Å². The van der Waals surface area contributed by atoms with Gasteiger partial charge >= 0.3 is 6.09 Å². The minimum absolute atomic E-state index is 0.0466. The molecule has 168 valence electrons. The highest BCUT2D eigenvalue weighted by molar-refractivity contribution is 5.80. The van der Waals surface area contributed by atoms with Crippen LogP contribution < -0.4 is 10.3 Å². The number of likely N-dealkylation sites (tertiary alicyclic amines) is 1. The maximum absolute atomic E-state index is 14.3. The van der Waals surface area contributed by atoms with Gasteiger partial charge in [-0.15, -0.1) is 0 Å². The standard InChI is InChI=1S/C23H25FN4O4/c1-14(2)31-23(30)27-10-8-16(9-11-27)28-20(29)7-5-17-21(28)25-13-26-22(17)32-19-6-4-15(3)12-18(19)24/h4-7,12-14,16H,8-11H2,1-3H3. The summed E-state index contributed by atoms with van der Waals surface area (Å²) >= 11 is 0. The van der Waals surface area contributed by atoms with Crippen LogP contribution in [0.2, 0.25) is 0 Å². The number of aryl methyl sites for hydroxylation is 1. The molecule has 0 saturated carbocycles. The third kappa shape index (κ3) is 4.42. The first-order chi connectivity index (χ1) is 15.3. The molecule has 32 heavy (non-hydrogen) atoms. The van der Waals surface area contributed by atoms with Gasteiger partial charge in [0.1, 0.15) is 12.0 Å². The largest absolute Gasteiger partial charge is 0.447 e. The molecule has 4 rings (SSSR count). The van der Waals surface area contributed by atoms with Gasteiger partial charge in [-0.05, 0) is 57.4 Å². The van der Waals surface area contributed by atoms with Crippen molar-refractivity contribution in [3.63, 3.8) is 0 Å². The molecule has 3 heterocycles. The summed E-state index contributed by atoms with van der Waals surface area (Å²) in [7, 11) is 0. The SMILES string of the molecule is Cc1ccc(Oc2ncnc3c2ccc(=O)n3C2CCN(C(=O)OC(C)C)CC2)c(F)c1. The number of hydrogen-bond acceptors (Lipinski definition) is 6. The summed E-state index contributed by atoms with van der Waals surface area (Å²) in [5, 5.41) is 0.508. The Morgan fingerprint density at radius 1 is 1.16 bits per heavy atom. The molecule has 1 aliphatic heterocycles. The van der Waals surface area contributed by atoms with Crippen molar-refractivity contribution in [2.45, 2.75) is 45.8 Å². The molecule has 1 aromatic carbocycles. The molecule has 8 nitrogen and oxygen atoms in total. The average Bonchev–Trinajstić information content (AvgIpc) is 2.75. The van der Waals surface area contributed by atoms with Crippen molar-refractivity contribution >= 4 is 17.1 Å². The summed E-state index contributed by atoms with van der Waals surface area (Å²) in [6.45, 7) is 6.36. The summed E-state index contributed by atoms with van der Waals surface area (Å²) in [5.41, 5.74) is 0.991. The van der Waals surface area contributed by atoms with Crippen molar-refractivity contribution in [3.05, 3.63) is 58.4 Å². The van der Waals surface area contributed by atoms with Gasteiger partial charge in [0, 0.05) is 25.2 Å². The highest BCUT2D eigenvalue weighted by Crippen LogP contribution is 2.30. The lowest BCUT2D eigenvalue weighted by atomic mass is 10.0. The van der Waals surface area contributed by atoms with Crippen molar-refractivity contribution in [2.75, 3.05) is 13.1 Å². The maximum atomic E-state index is 14.3. The zero-order chi connectivity index (χ0) is 22.8. The molecule has 9 heteroatoms. The lowest BCUT2D eigenvalue weighted by Crippen LogP contribution is -2.41. The van der Waals surface area contributed by atoms with E-state index >= 15 is 0 Å². The molecule has 2 aromatic heterocycles. The van der Waals surface area contributed by atoms with Gasteiger partial charge in [-0.1, -0.05) is 6.07 Å². The molecular formula is C23H25FN4O4. The molecule has 0 N–H and O–H groups in total. The minimum Gasteiger partial charge on any atom is -0.447 e. The molecule has 3 aromatic rings. The lowest BCUT2D eigenvalue weighted by Gasteiger charge is -2.33. The van der Waals surface area contributed by atoms with Crippen LogP contribution in [-0.2, 0) is 4.74 Å². The second kappa shape index (κ2) is 8.94. The number of rotatable bonds is 4. The number of ether oxygens (including phenoxy) is 2. The first-order valence-corrected chi connectivity index (χ1v) is 10.6. The zero-order valence-corrected chi connectivity index (χ0v) is 18.2. The molecule has 1 amide bonds. The van der Waals surface area contributed by atoms with E-state index in [0.29, 0.717) is 37.0 Å². The van der Waals surface area contributed by atoms with Gasteiger partial charge < -0.3 is 14.4 Å². The van der Waals surface area contributed by atoms with Crippen LogP contribution in [0.4, 0.5) is 9.18 Å². The number of hydrogen-bond donors (Lipinski definition) is 0. The van der Waals surface area contributed by atoms with Gasteiger partial charge in [0.05, 0.1) is 11.5 Å². The van der Waals surface area contributed by atoms with Gasteiger partial charge in [-0.25, -0.2) is 19.2 Å². The summed E-state index contributed by atoms with van der Waals surface area (Å²) < 4.78 is 26.9. The molecule has 0 atom stereocenters. The zero-order valence-electron chi connectivity index (χ0n) is 18.2. The van der Waals surface area contributed by atoms with Crippen LogP contribution in [0, 0.1) is 12.7 Å². The van der Waals surface area contributed by atoms with Crippen LogP contribution in [-0.4, -0.2) is 44.7 Å². The monoisotopic (exact) mass is 440 g/mol. The molecule has 0 bridgehead atoms. The number of aromatic nitrogens is 3. The minimum atomic E-state index is -0.495. The van der Waals surface area contributed by atoms with Crippen molar-refractivity contribution in [3.8, 4) is 11.6 Å². The van der Waals surface area contributed by atoms with Crippen LogP contribution >= 0.6 is 0 Å². The quantitative estimate of drug-likeness (QED) is 0.604. The van der Waals surface area contributed by atoms with Gasteiger partial charge in [0.25, 0.3) is 5.56 Å². The first-order valence-electron chi connectivity index (χ1n) is 10.6. The van der Waals surface area contributed by atoms with E-state index in [9.17, 15) is 14.0 Å². The Bertz CT molecular complexity index is 1200. The first kappa shape index (κ1) is 21.7. The summed E-state index contributed by atoms with van der Waals surface area (Å²) in [6, 6.07) is 7.55. The van der Waals surface area contributed by atoms with Crippen LogP contribution in [0.5, 0.6) is 11.6 Å². The van der Waals surface area contributed by atoms with Gasteiger partial charge in [0.15, 0.2) is 11.6 Å². The van der Waals surface area contributed by atoms with E-state index in [2.05, 4.69) is 9.97 Å². The smallest absolute Gasteiger partial charge is 0.410 e. The van der Waals surface area contributed by atoms with Gasteiger partial charge in [-0.3, -0.25) is 9.36 Å². The van der Waals surface area contributed by atoms with Crippen LogP contribution in [0.1, 0.15) is 38.3 Å². The van der Waals surface area contributed by atoms with E-state index < -0.39 is 5.82 Å². The second-order valence-electron chi connectivity index (χ2n) is 8.14. The number of fused-ring (bicyclic) bond motifs is 1. The molecule has 0 unspecified atom stereocenters. The van der Waals surface area contributed by atoms with E-state index in [1.807, 2.05) is 13.8 Å². The van der Waals surface area contributed by atoms with Crippen molar-refractivity contribution in [1.82, 2.24) is 19.4 Å². The van der Waals surface area contributed by atoms with Gasteiger partial charge in [-0.2, -0.15) is 0 Å². The number of nitrogens with zero attached hydrogens (tertiary/aromatic N) is 4. The van der Waals surface area contributed by atoms with Crippen molar-refractivity contribution < 1.29 is 18.7 Å². The van der Waals surface area contributed by atoms with E-state index in [1.54, 1.807) is 34.6 Å². The Morgan fingerprint density at radius 3 is 2.59 bits per heavy atom. The number of carbonyl (C=O) groups is 1. The van der Waals surface area contributed by atoms with E-state index in [0.717, 1.165) is 5.56 Å². The van der Waals surface area contributed by atoms with E-state index in [-0.39, 0.29) is 35.4 Å². The fourth-order valence-corrected chi connectivity index (χ4v) is 3.86. The average molecular weight is 440 g/mol. The molecule has 0 radical (unpaired) electrons. The van der Waals surface area contributed by atoms with Crippen LogP contribution in [0.15, 0.2) is 41.5 Å². The topological polar surface area (TPSA) is 86.6 Å². The summed E-state index contributed by atoms with van der Waals surface area (Å²) in [4.78, 5) is 35.0. The van der Waals surface area contributed by atoms with E-state index in [1.165, 1.54) is 18.5 Å². The predicted molar refractivity (Wildman–Crippen MR) is 116 cm³/mol. The fraction of sp³-hybridized carbons (Fsp3) is 0.391. The Morgan fingerprint density at radius 2 is 1.91 bits per heavy atom. The Labute approximate surface area is 184 Å². The Hall–Kier alpha value is -3.49. The van der Waals surface area contributed by atoms with Crippen LogP contribution in [0.3, 0.4) is 0 Å². The normalized spacial score (nSPS) is 14.7. The molecular weight excluding hydrogens is 415 g/mol. The molecule has 1 saturated heterocycles. The molecule has 1 aliphatic rings. The highest BCUT2D eigenvalue weighted by Gasteiger charge is 2.27. The third-order valence-electron chi connectivity index (χ3n) is 5.40. The second-order valence-corrected chi connectivity index (χ2v) is 8.14. The summed E-state index contributed by atoms with van der Waals surface area (Å²) in [5.74, 6) is -0.277. The number of halogens is 1. The number of amides is 1. The molecule has 0 aliphatic carbocycles.